The van der Waals surface area contributed by atoms with Gasteiger partial charge in [0.15, 0.2) is 0 Å². The number of carbonyl (C=O) groups excluding carboxylic acids is 1. The van der Waals surface area contributed by atoms with E-state index in [0.29, 0.717) is 26.6 Å². The van der Waals surface area contributed by atoms with Gasteiger partial charge < -0.3 is 5.32 Å². The summed E-state index contributed by atoms with van der Waals surface area (Å²) in [5.41, 5.74) is 3.15. The third-order valence-electron chi connectivity index (χ3n) is 4.05. The molecular formula is C19H14Cl2N4OS. The summed E-state index contributed by atoms with van der Waals surface area (Å²) < 4.78 is 2.53. The number of fused-ring (bicyclic) bond motifs is 1. The highest BCUT2D eigenvalue weighted by atomic mass is 35.5. The predicted octanol–water partition coefficient (Wildman–Crippen LogP) is 5.66. The number of hydrogen-bond donors (Lipinski definition) is 1. The van der Waals surface area contributed by atoms with Crippen LogP contribution in [0.25, 0.3) is 15.3 Å². The Morgan fingerprint density at radius 1 is 1.11 bits per heavy atom. The summed E-state index contributed by atoms with van der Waals surface area (Å²) in [4.78, 5) is 17.2. The second-order valence-electron chi connectivity index (χ2n) is 6.08. The fourth-order valence-electron chi connectivity index (χ4n) is 2.71. The molecule has 0 fully saturated rings. The molecule has 136 valence electrons. The number of thiazole rings is 1. The highest BCUT2D eigenvalue weighted by molar-refractivity contribution is 7.21. The van der Waals surface area contributed by atoms with E-state index in [9.17, 15) is 4.79 Å². The van der Waals surface area contributed by atoms with Gasteiger partial charge in [-0.05, 0) is 49.7 Å². The molecule has 0 bridgehead atoms. The summed E-state index contributed by atoms with van der Waals surface area (Å²) >= 11 is 13.6. The molecule has 0 radical (unpaired) electrons. The number of amides is 1. The molecule has 0 aliphatic heterocycles. The normalized spacial score (nSPS) is 11.1. The van der Waals surface area contributed by atoms with Crippen LogP contribution in [0.5, 0.6) is 0 Å². The summed E-state index contributed by atoms with van der Waals surface area (Å²) in [5.74, 6) is 0.295. The van der Waals surface area contributed by atoms with E-state index in [2.05, 4.69) is 15.4 Å². The average Bonchev–Trinajstić information content (AvgIpc) is 3.23. The molecule has 5 nitrogen and oxygen atoms in total. The highest BCUT2D eigenvalue weighted by Crippen LogP contribution is 2.34. The van der Waals surface area contributed by atoms with Crippen LogP contribution in [0.4, 0.5) is 5.82 Å². The molecule has 1 amide bonds. The molecule has 2 aromatic heterocycles. The molecule has 0 saturated carbocycles. The Morgan fingerprint density at radius 2 is 1.85 bits per heavy atom. The van der Waals surface area contributed by atoms with Crippen molar-refractivity contribution in [2.45, 2.75) is 13.8 Å². The lowest BCUT2D eigenvalue weighted by Gasteiger charge is -2.06. The van der Waals surface area contributed by atoms with Crippen molar-refractivity contribution in [2.24, 2.45) is 0 Å². The van der Waals surface area contributed by atoms with Gasteiger partial charge >= 0.3 is 0 Å². The maximum Gasteiger partial charge on any atom is 0.256 e. The second-order valence-corrected chi connectivity index (χ2v) is 7.90. The topological polar surface area (TPSA) is 59.8 Å². The Labute approximate surface area is 169 Å². The van der Waals surface area contributed by atoms with E-state index in [4.69, 9.17) is 23.2 Å². The van der Waals surface area contributed by atoms with Gasteiger partial charge in [-0.3, -0.25) is 4.79 Å². The van der Waals surface area contributed by atoms with Crippen molar-refractivity contribution in [3.63, 3.8) is 0 Å². The minimum Gasteiger partial charge on any atom is -0.306 e. The molecule has 27 heavy (non-hydrogen) atoms. The third kappa shape index (κ3) is 3.43. The van der Waals surface area contributed by atoms with E-state index >= 15 is 0 Å². The number of carbonyl (C=O) groups is 1. The van der Waals surface area contributed by atoms with E-state index in [0.717, 1.165) is 21.5 Å². The van der Waals surface area contributed by atoms with Gasteiger partial charge in [-0.25, -0.2) is 4.98 Å². The van der Waals surface area contributed by atoms with Gasteiger partial charge in [0.2, 0.25) is 5.13 Å². The van der Waals surface area contributed by atoms with Crippen molar-refractivity contribution in [3.05, 3.63) is 69.3 Å². The Kier molecular flexibility index (Phi) is 4.63. The standard InChI is InChI=1S/C19H14Cl2N4OS/c1-10-3-8-14(21)17-16(10)23-19(27-17)25-15(9-11(2)24-25)22-18(26)12-4-6-13(20)7-5-12/h3-9H,1-2H3,(H,22,26). The summed E-state index contributed by atoms with van der Waals surface area (Å²) in [6.45, 7) is 3.85. The van der Waals surface area contributed by atoms with E-state index in [1.54, 1.807) is 35.0 Å². The van der Waals surface area contributed by atoms with E-state index in [-0.39, 0.29) is 5.91 Å². The molecular weight excluding hydrogens is 403 g/mol. The second kappa shape index (κ2) is 6.96. The van der Waals surface area contributed by atoms with Crippen molar-refractivity contribution >= 4 is 56.5 Å². The number of rotatable bonds is 3. The van der Waals surface area contributed by atoms with Gasteiger partial charge in [0.05, 0.1) is 20.9 Å². The van der Waals surface area contributed by atoms with Crippen molar-refractivity contribution < 1.29 is 4.79 Å². The SMILES string of the molecule is Cc1cc(NC(=O)c2ccc(Cl)cc2)n(-c2nc3c(C)ccc(Cl)c3s2)n1. The number of halogens is 2. The maximum atomic E-state index is 12.6. The zero-order valence-corrected chi connectivity index (χ0v) is 16.8. The van der Waals surface area contributed by atoms with Crippen LogP contribution in [0.1, 0.15) is 21.6 Å². The van der Waals surface area contributed by atoms with Crippen molar-refractivity contribution in [1.82, 2.24) is 14.8 Å². The number of aromatic nitrogens is 3. The zero-order chi connectivity index (χ0) is 19.1. The summed E-state index contributed by atoms with van der Waals surface area (Å²) in [5, 5.41) is 9.24. The van der Waals surface area contributed by atoms with Gasteiger partial charge in [-0.1, -0.05) is 40.6 Å². The molecule has 0 aliphatic carbocycles. The van der Waals surface area contributed by atoms with Crippen LogP contribution < -0.4 is 5.32 Å². The number of aryl methyl sites for hydroxylation is 2. The monoisotopic (exact) mass is 416 g/mol. The van der Waals surface area contributed by atoms with Crippen molar-refractivity contribution in [1.29, 1.82) is 0 Å². The van der Waals surface area contributed by atoms with Crippen molar-refractivity contribution in [2.75, 3.05) is 5.32 Å². The van der Waals surface area contributed by atoms with Gasteiger partial charge in [-0.15, -0.1) is 0 Å². The van der Waals surface area contributed by atoms with Crippen LogP contribution in [-0.4, -0.2) is 20.7 Å². The molecule has 2 heterocycles. The van der Waals surface area contributed by atoms with Crippen molar-refractivity contribution in [3.8, 4) is 5.13 Å². The first-order chi connectivity index (χ1) is 12.9. The Morgan fingerprint density at radius 3 is 2.56 bits per heavy atom. The smallest absolute Gasteiger partial charge is 0.256 e. The van der Waals surface area contributed by atoms with E-state index < -0.39 is 0 Å². The Hall–Kier alpha value is -2.41. The number of nitrogens with one attached hydrogen (secondary N) is 1. The van der Waals surface area contributed by atoms with Crippen LogP contribution in [0.2, 0.25) is 10.0 Å². The number of benzene rings is 2. The fraction of sp³-hybridized carbons (Fsp3) is 0.105. The number of nitrogens with zero attached hydrogens (tertiary/aromatic N) is 3. The first-order valence-electron chi connectivity index (χ1n) is 8.12. The molecule has 0 aliphatic rings. The molecule has 4 rings (SSSR count). The van der Waals surface area contributed by atoms with Gasteiger partial charge in [0, 0.05) is 16.7 Å². The van der Waals surface area contributed by atoms with Crippen LogP contribution in [0.15, 0.2) is 42.5 Å². The van der Waals surface area contributed by atoms with Gasteiger partial charge in [-0.2, -0.15) is 9.78 Å². The Bertz CT molecular complexity index is 1130. The zero-order valence-electron chi connectivity index (χ0n) is 14.5. The quantitative estimate of drug-likeness (QED) is 0.468. The van der Waals surface area contributed by atoms with Gasteiger partial charge in [0.25, 0.3) is 5.91 Å². The largest absolute Gasteiger partial charge is 0.306 e. The van der Waals surface area contributed by atoms with E-state index in [1.165, 1.54) is 11.3 Å². The molecule has 1 N–H and O–H groups in total. The molecule has 2 aromatic carbocycles. The molecule has 0 atom stereocenters. The van der Waals surface area contributed by atoms with Crippen LogP contribution in [-0.2, 0) is 0 Å². The summed E-state index contributed by atoms with van der Waals surface area (Å²) in [6.07, 6.45) is 0. The van der Waals surface area contributed by atoms with Crippen LogP contribution in [0.3, 0.4) is 0 Å². The molecule has 0 spiro atoms. The average molecular weight is 417 g/mol. The molecule has 4 aromatic rings. The lowest BCUT2D eigenvalue weighted by atomic mass is 10.2. The van der Waals surface area contributed by atoms with Crippen LogP contribution in [0, 0.1) is 13.8 Å². The summed E-state index contributed by atoms with van der Waals surface area (Å²) in [6, 6.07) is 12.3. The first-order valence-corrected chi connectivity index (χ1v) is 9.69. The minimum atomic E-state index is -0.247. The molecule has 0 unspecified atom stereocenters. The first kappa shape index (κ1) is 18.0. The summed E-state index contributed by atoms with van der Waals surface area (Å²) in [7, 11) is 0. The lowest BCUT2D eigenvalue weighted by molar-refractivity contribution is 0.102. The third-order valence-corrected chi connectivity index (χ3v) is 5.79. The molecule has 8 heteroatoms. The van der Waals surface area contributed by atoms with Crippen LogP contribution >= 0.6 is 34.5 Å². The predicted molar refractivity (Wildman–Crippen MR) is 111 cm³/mol. The lowest BCUT2D eigenvalue weighted by Crippen LogP contribution is -2.15. The highest BCUT2D eigenvalue weighted by Gasteiger charge is 2.17. The Balaban J connectivity index is 1.73. The minimum absolute atomic E-state index is 0.247. The van der Waals surface area contributed by atoms with E-state index in [1.807, 2.05) is 26.0 Å². The molecule has 0 saturated heterocycles. The fourth-order valence-corrected chi connectivity index (χ4v) is 4.11. The van der Waals surface area contributed by atoms with Gasteiger partial charge in [0.1, 0.15) is 5.82 Å². The number of hydrogen-bond acceptors (Lipinski definition) is 4. The number of anilines is 1. The maximum absolute atomic E-state index is 12.6.